The van der Waals surface area contributed by atoms with Crippen LogP contribution in [0.3, 0.4) is 0 Å². The Kier molecular flexibility index (Phi) is 4.25. The minimum atomic E-state index is -0.485. The molecule has 1 aliphatic heterocycles. The van der Waals surface area contributed by atoms with E-state index in [9.17, 15) is 5.11 Å². The van der Waals surface area contributed by atoms with Gasteiger partial charge in [0.25, 0.3) is 0 Å². The SMILES string of the molecule is CNCc1ccc(N2CCCC(C)(O)CC2)cc1. The summed E-state index contributed by atoms with van der Waals surface area (Å²) in [6, 6.07) is 8.73. The van der Waals surface area contributed by atoms with Gasteiger partial charge in [-0.3, -0.25) is 0 Å². The molecular weight excluding hydrogens is 224 g/mol. The first-order valence-corrected chi connectivity index (χ1v) is 6.82. The van der Waals surface area contributed by atoms with Crippen LogP contribution in [0, 0.1) is 0 Å². The van der Waals surface area contributed by atoms with Gasteiger partial charge in [0.15, 0.2) is 0 Å². The Morgan fingerprint density at radius 1 is 1.22 bits per heavy atom. The van der Waals surface area contributed by atoms with Crippen LogP contribution in [0.25, 0.3) is 0 Å². The van der Waals surface area contributed by atoms with Crippen molar-refractivity contribution in [1.82, 2.24) is 5.32 Å². The first-order valence-electron chi connectivity index (χ1n) is 6.82. The Labute approximate surface area is 110 Å². The van der Waals surface area contributed by atoms with E-state index < -0.39 is 5.60 Å². The fourth-order valence-electron chi connectivity index (χ4n) is 2.55. The van der Waals surface area contributed by atoms with Crippen molar-refractivity contribution in [3.8, 4) is 0 Å². The van der Waals surface area contributed by atoms with Gasteiger partial charge in [-0.2, -0.15) is 0 Å². The molecule has 18 heavy (non-hydrogen) atoms. The molecule has 1 fully saturated rings. The predicted molar refractivity (Wildman–Crippen MR) is 75.9 cm³/mol. The molecule has 100 valence electrons. The molecule has 1 saturated heterocycles. The third kappa shape index (κ3) is 3.47. The molecule has 3 heteroatoms. The Bertz CT molecular complexity index is 373. The summed E-state index contributed by atoms with van der Waals surface area (Å²) in [5, 5.41) is 13.3. The predicted octanol–water partition coefficient (Wildman–Crippen LogP) is 2.15. The number of rotatable bonds is 3. The second kappa shape index (κ2) is 5.72. The van der Waals surface area contributed by atoms with E-state index in [4.69, 9.17) is 0 Å². The maximum absolute atomic E-state index is 10.1. The van der Waals surface area contributed by atoms with Gasteiger partial charge in [0, 0.05) is 25.3 Å². The largest absolute Gasteiger partial charge is 0.390 e. The second-order valence-electron chi connectivity index (χ2n) is 5.53. The zero-order valence-electron chi connectivity index (χ0n) is 11.4. The molecule has 0 aliphatic carbocycles. The molecule has 1 heterocycles. The number of hydrogen-bond acceptors (Lipinski definition) is 3. The molecule has 2 rings (SSSR count). The van der Waals surface area contributed by atoms with Crippen LogP contribution in [0.4, 0.5) is 5.69 Å². The summed E-state index contributed by atoms with van der Waals surface area (Å²) in [4.78, 5) is 2.38. The van der Waals surface area contributed by atoms with Gasteiger partial charge in [-0.25, -0.2) is 0 Å². The molecule has 0 saturated carbocycles. The molecule has 1 aliphatic rings. The molecule has 3 nitrogen and oxygen atoms in total. The Balaban J connectivity index is 2.02. The van der Waals surface area contributed by atoms with Gasteiger partial charge in [0.1, 0.15) is 0 Å². The van der Waals surface area contributed by atoms with Gasteiger partial charge in [0.05, 0.1) is 5.60 Å². The fraction of sp³-hybridized carbons (Fsp3) is 0.600. The van der Waals surface area contributed by atoms with E-state index in [0.717, 1.165) is 38.9 Å². The maximum Gasteiger partial charge on any atom is 0.0637 e. The summed E-state index contributed by atoms with van der Waals surface area (Å²) in [7, 11) is 1.96. The lowest BCUT2D eigenvalue weighted by atomic mass is 9.98. The minimum Gasteiger partial charge on any atom is -0.390 e. The zero-order chi connectivity index (χ0) is 13.0. The summed E-state index contributed by atoms with van der Waals surface area (Å²) in [6.07, 6.45) is 2.82. The highest BCUT2D eigenvalue weighted by Crippen LogP contribution is 2.25. The van der Waals surface area contributed by atoms with Crippen LogP contribution in [-0.2, 0) is 6.54 Å². The molecule has 2 N–H and O–H groups in total. The number of nitrogens with zero attached hydrogens (tertiary/aromatic N) is 1. The van der Waals surface area contributed by atoms with Crippen molar-refractivity contribution in [1.29, 1.82) is 0 Å². The maximum atomic E-state index is 10.1. The molecule has 0 radical (unpaired) electrons. The van der Waals surface area contributed by atoms with Gasteiger partial charge in [0.2, 0.25) is 0 Å². The third-order valence-corrected chi connectivity index (χ3v) is 3.75. The van der Waals surface area contributed by atoms with Crippen molar-refractivity contribution < 1.29 is 5.11 Å². The van der Waals surface area contributed by atoms with Crippen molar-refractivity contribution in [2.75, 3.05) is 25.0 Å². The van der Waals surface area contributed by atoms with Crippen LogP contribution < -0.4 is 10.2 Å². The van der Waals surface area contributed by atoms with Gasteiger partial charge < -0.3 is 15.3 Å². The number of aliphatic hydroxyl groups is 1. The lowest BCUT2D eigenvalue weighted by molar-refractivity contribution is 0.0481. The molecule has 0 spiro atoms. The Morgan fingerprint density at radius 2 is 1.94 bits per heavy atom. The van der Waals surface area contributed by atoms with E-state index >= 15 is 0 Å². The zero-order valence-corrected chi connectivity index (χ0v) is 11.4. The number of nitrogens with one attached hydrogen (secondary N) is 1. The van der Waals surface area contributed by atoms with Crippen molar-refractivity contribution in [3.63, 3.8) is 0 Å². The topological polar surface area (TPSA) is 35.5 Å². The molecule has 0 bridgehead atoms. The van der Waals surface area contributed by atoms with Crippen molar-refractivity contribution in [2.45, 2.75) is 38.3 Å². The van der Waals surface area contributed by atoms with Crippen LogP contribution in [-0.4, -0.2) is 30.8 Å². The Morgan fingerprint density at radius 3 is 2.61 bits per heavy atom. The van der Waals surface area contributed by atoms with Crippen LogP contribution in [0.5, 0.6) is 0 Å². The summed E-state index contributed by atoms with van der Waals surface area (Å²) < 4.78 is 0. The van der Waals surface area contributed by atoms with E-state index in [-0.39, 0.29) is 0 Å². The van der Waals surface area contributed by atoms with E-state index in [2.05, 4.69) is 34.5 Å². The van der Waals surface area contributed by atoms with Crippen LogP contribution in [0.15, 0.2) is 24.3 Å². The average molecular weight is 248 g/mol. The Hall–Kier alpha value is -1.06. The summed E-state index contributed by atoms with van der Waals surface area (Å²) >= 11 is 0. The van der Waals surface area contributed by atoms with Gasteiger partial charge >= 0.3 is 0 Å². The standard InChI is InChI=1S/C15H24N2O/c1-15(18)8-3-10-17(11-9-15)14-6-4-13(5-7-14)12-16-2/h4-7,16,18H,3,8-12H2,1-2H3. The van der Waals surface area contributed by atoms with Crippen molar-refractivity contribution in [2.24, 2.45) is 0 Å². The first-order chi connectivity index (χ1) is 8.61. The normalized spacial score (nSPS) is 24.9. The number of benzene rings is 1. The van der Waals surface area contributed by atoms with Crippen LogP contribution >= 0.6 is 0 Å². The molecular formula is C15H24N2O. The second-order valence-corrected chi connectivity index (χ2v) is 5.53. The molecule has 1 aromatic rings. The van der Waals surface area contributed by atoms with Crippen molar-refractivity contribution >= 4 is 5.69 Å². The number of anilines is 1. The average Bonchev–Trinajstić information content (AvgIpc) is 2.52. The summed E-state index contributed by atoms with van der Waals surface area (Å²) in [5.74, 6) is 0. The highest BCUT2D eigenvalue weighted by molar-refractivity contribution is 5.47. The van der Waals surface area contributed by atoms with E-state index in [1.54, 1.807) is 0 Å². The lowest BCUT2D eigenvalue weighted by Crippen LogP contribution is -2.28. The summed E-state index contributed by atoms with van der Waals surface area (Å²) in [6.45, 7) is 4.85. The van der Waals surface area contributed by atoms with Gasteiger partial charge in [-0.05, 0) is 50.9 Å². The third-order valence-electron chi connectivity index (χ3n) is 3.75. The van der Waals surface area contributed by atoms with Crippen LogP contribution in [0.1, 0.15) is 31.7 Å². The number of hydrogen-bond donors (Lipinski definition) is 2. The molecule has 1 atom stereocenters. The van der Waals surface area contributed by atoms with E-state index in [1.807, 2.05) is 14.0 Å². The fourth-order valence-corrected chi connectivity index (χ4v) is 2.55. The van der Waals surface area contributed by atoms with Gasteiger partial charge in [-0.1, -0.05) is 12.1 Å². The lowest BCUT2D eigenvalue weighted by Gasteiger charge is -2.24. The first kappa shape index (κ1) is 13.4. The van der Waals surface area contributed by atoms with Gasteiger partial charge in [-0.15, -0.1) is 0 Å². The van der Waals surface area contributed by atoms with E-state index in [1.165, 1.54) is 11.3 Å². The quantitative estimate of drug-likeness (QED) is 0.860. The summed E-state index contributed by atoms with van der Waals surface area (Å²) in [5.41, 5.74) is 2.09. The minimum absolute atomic E-state index is 0.485. The van der Waals surface area contributed by atoms with Crippen LogP contribution in [0.2, 0.25) is 0 Å². The smallest absolute Gasteiger partial charge is 0.0637 e. The molecule has 0 amide bonds. The molecule has 1 aromatic carbocycles. The molecule has 1 unspecified atom stereocenters. The highest BCUT2D eigenvalue weighted by atomic mass is 16.3. The molecule has 0 aromatic heterocycles. The van der Waals surface area contributed by atoms with Crippen molar-refractivity contribution in [3.05, 3.63) is 29.8 Å². The highest BCUT2D eigenvalue weighted by Gasteiger charge is 2.24. The monoisotopic (exact) mass is 248 g/mol. The van der Waals surface area contributed by atoms with E-state index in [0.29, 0.717) is 0 Å².